The molecule has 1 aliphatic heterocycles. The summed E-state index contributed by atoms with van der Waals surface area (Å²) in [7, 11) is 0. The second-order valence-corrected chi connectivity index (χ2v) is 4.91. The van der Waals surface area contributed by atoms with Crippen molar-refractivity contribution in [3.63, 3.8) is 0 Å². The number of rotatable bonds is 2. The van der Waals surface area contributed by atoms with E-state index in [9.17, 15) is 4.79 Å². The SMILES string of the molecule is O=C(Nc1ccc(Br)cc1)[C@@H]1CCCCN1. The number of halogens is 1. The third kappa shape index (κ3) is 3.06. The van der Waals surface area contributed by atoms with Crippen molar-refractivity contribution in [3.05, 3.63) is 28.7 Å². The predicted octanol–water partition coefficient (Wildman–Crippen LogP) is 2.53. The molecule has 0 spiro atoms. The molecule has 2 rings (SSSR count). The van der Waals surface area contributed by atoms with Crippen molar-refractivity contribution in [2.24, 2.45) is 0 Å². The minimum Gasteiger partial charge on any atom is -0.325 e. The van der Waals surface area contributed by atoms with E-state index in [1.807, 2.05) is 24.3 Å². The number of amides is 1. The van der Waals surface area contributed by atoms with Crippen molar-refractivity contribution in [2.45, 2.75) is 25.3 Å². The fourth-order valence-electron chi connectivity index (χ4n) is 1.84. The van der Waals surface area contributed by atoms with Crippen LogP contribution in [0.5, 0.6) is 0 Å². The summed E-state index contributed by atoms with van der Waals surface area (Å²) < 4.78 is 1.02. The predicted molar refractivity (Wildman–Crippen MR) is 68.4 cm³/mol. The molecular weight excluding hydrogens is 268 g/mol. The second kappa shape index (κ2) is 5.46. The molecule has 0 aliphatic carbocycles. The van der Waals surface area contributed by atoms with E-state index in [1.54, 1.807) is 0 Å². The Hall–Kier alpha value is -0.870. The van der Waals surface area contributed by atoms with Crippen LogP contribution < -0.4 is 10.6 Å². The Kier molecular flexibility index (Phi) is 3.96. The summed E-state index contributed by atoms with van der Waals surface area (Å²) in [6.07, 6.45) is 3.23. The van der Waals surface area contributed by atoms with Gasteiger partial charge < -0.3 is 10.6 Å². The first-order valence-electron chi connectivity index (χ1n) is 5.55. The van der Waals surface area contributed by atoms with Crippen molar-refractivity contribution in [2.75, 3.05) is 11.9 Å². The standard InChI is InChI=1S/C12H15BrN2O/c13-9-4-6-10(7-5-9)15-12(16)11-3-1-2-8-14-11/h4-7,11,14H,1-3,8H2,(H,15,16)/t11-/m0/s1. The van der Waals surface area contributed by atoms with Crippen LogP contribution in [-0.4, -0.2) is 18.5 Å². The van der Waals surface area contributed by atoms with E-state index in [4.69, 9.17) is 0 Å². The van der Waals surface area contributed by atoms with E-state index < -0.39 is 0 Å². The fourth-order valence-corrected chi connectivity index (χ4v) is 2.10. The van der Waals surface area contributed by atoms with Gasteiger partial charge in [0.2, 0.25) is 5.91 Å². The molecule has 0 unspecified atom stereocenters. The molecule has 0 saturated carbocycles. The van der Waals surface area contributed by atoms with E-state index in [0.717, 1.165) is 29.5 Å². The lowest BCUT2D eigenvalue weighted by Crippen LogP contribution is -2.43. The highest BCUT2D eigenvalue weighted by Gasteiger charge is 2.20. The van der Waals surface area contributed by atoms with E-state index in [0.29, 0.717) is 0 Å². The van der Waals surface area contributed by atoms with Crippen LogP contribution in [0.2, 0.25) is 0 Å². The molecule has 16 heavy (non-hydrogen) atoms. The van der Waals surface area contributed by atoms with Gasteiger partial charge in [-0.25, -0.2) is 0 Å². The molecule has 86 valence electrons. The van der Waals surface area contributed by atoms with Gasteiger partial charge in [-0.2, -0.15) is 0 Å². The number of hydrogen-bond acceptors (Lipinski definition) is 2. The van der Waals surface area contributed by atoms with Gasteiger partial charge in [0.1, 0.15) is 0 Å². The molecule has 1 saturated heterocycles. The first kappa shape index (κ1) is 11.6. The Bertz CT molecular complexity index is 358. The fraction of sp³-hybridized carbons (Fsp3) is 0.417. The third-order valence-corrected chi connectivity index (χ3v) is 3.27. The Morgan fingerprint density at radius 1 is 1.31 bits per heavy atom. The van der Waals surface area contributed by atoms with Gasteiger partial charge in [0.05, 0.1) is 6.04 Å². The lowest BCUT2D eigenvalue weighted by atomic mass is 10.0. The highest BCUT2D eigenvalue weighted by Crippen LogP contribution is 2.15. The molecule has 1 heterocycles. The summed E-state index contributed by atoms with van der Waals surface area (Å²) in [5, 5.41) is 6.15. The van der Waals surface area contributed by atoms with Crippen LogP contribution in [0.15, 0.2) is 28.7 Å². The van der Waals surface area contributed by atoms with Crippen LogP contribution in [0.1, 0.15) is 19.3 Å². The number of anilines is 1. The molecule has 0 bridgehead atoms. The number of piperidine rings is 1. The molecule has 1 amide bonds. The molecule has 0 radical (unpaired) electrons. The summed E-state index contributed by atoms with van der Waals surface area (Å²) in [6, 6.07) is 7.60. The topological polar surface area (TPSA) is 41.1 Å². The number of benzene rings is 1. The zero-order valence-corrected chi connectivity index (χ0v) is 10.6. The summed E-state index contributed by atoms with van der Waals surface area (Å²) in [5.41, 5.74) is 0.848. The molecule has 1 atom stereocenters. The first-order chi connectivity index (χ1) is 7.75. The quantitative estimate of drug-likeness (QED) is 0.875. The summed E-state index contributed by atoms with van der Waals surface area (Å²) in [5.74, 6) is 0.0713. The zero-order valence-electron chi connectivity index (χ0n) is 9.00. The minimum atomic E-state index is -0.0302. The van der Waals surface area contributed by atoms with Crippen molar-refractivity contribution in [3.8, 4) is 0 Å². The smallest absolute Gasteiger partial charge is 0.241 e. The molecule has 1 aromatic rings. The van der Waals surface area contributed by atoms with Gasteiger partial charge in [0.15, 0.2) is 0 Å². The van der Waals surface area contributed by atoms with Gasteiger partial charge >= 0.3 is 0 Å². The van der Waals surface area contributed by atoms with Crippen molar-refractivity contribution < 1.29 is 4.79 Å². The van der Waals surface area contributed by atoms with Crippen LogP contribution >= 0.6 is 15.9 Å². The number of carbonyl (C=O) groups excluding carboxylic acids is 1. The normalized spacial score (nSPS) is 20.4. The molecule has 0 aromatic heterocycles. The van der Waals surface area contributed by atoms with E-state index >= 15 is 0 Å². The van der Waals surface area contributed by atoms with Gasteiger partial charge in [-0.1, -0.05) is 22.4 Å². The van der Waals surface area contributed by atoms with Crippen molar-refractivity contribution in [1.82, 2.24) is 5.32 Å². The van der Waals surface area contributed by atoms with Crippen LogP contribution in [0.4, 0.5) is 5.69 Å². The Morgan fingerprint density at radius 2 is 2.06 bits per heavy atom. The van der Waals surface area contributed by atoms with Gasteiger partial charge in [-0.05, 0) is 43.7 Å². The largest absolute Gasteiger partial charge is 0.325 e. The Morgan fingerprint density at radius 3 is 2.69 bits per heavy atom. The number of carbonyl (C=O) groups is 1. The zero-order chi connectivity index (χ0) is 11.4. The Labute approximate surface area is 104 Å². The molecule has 1 aromatic carbocycles. The first-order valence-corrected chi connectivity index (χ1v) is 6.35. The lowest BCUT2D eigenvalue weighted by molar-refractivity contribution is -0.118. The molecule has 1 fully saturated rings. The van der Waals surface area contributed by atoms with E-state index in [-0.39, 0.29) is 11.9 Å². The summed E-state index contributed by atoms with van der Waals surface area (Å²) in [6.45, 7) is 0.943. The average molecular weight is 283 g/mol. The van der Waals surface area contributed by atoms with Crippen molar-refractivity contribution in [1.29, 1.82) is 0 Å². The monoisotopic (exact) mass is 282 g/mol. The van der Waals surface area contributed by atoms with E-state index in [2.05, 4.69) is 26.6 Å². The maximum absolute atomic E-state index is 11.9. The highest BCUT2D eigenvalue weighted by atomic mass is 79.9. The van der Waals surface area contributed by atoms with Crippen LogP contribution in [0, 0.1) is 0 Å². The van der Waals surface area contributed by atoms with Crippen LogP contribution in [-0.2, 0) is 4.79 Å². The van der Waals surface area contributed by atoms with Gasteiger partial charge in [-0.15, -0.1) is 0 Å². The Balaban J connectivity index is 1.93. The van der Waals surface area contributed by atoms with Crippen LogP contribution in [0.25, 0.3) is 0 Å². The van der Waals surface area contributed by atoms with E-state index in [1.165, 1.54) is 6.42 Å². The molecule has 1 aliphatic rings. The van der Waals surface area contributed by atoms with Gasteiger partial charge in [0, 0.05) is 10.2 Å². The highest BCUT2D eigenvalue weighted by molar-refractivity contribution is 9.10. The second-order valence-electron chi connectivity index (χ2n) is 4.00. The summed E-state index contributed by atoms with van der Waals surface area (Å²) in [4.78, 5) is 11.9. The molecule has 4 heteroatoms. The van der Waals surface area contributed by atoms with Gasteiger partial charge in [-0.3, -0.25) is 4.79 Å². The average Bonchev–Trinajstić information content (AvgIpc) is 2.33. The van der Waals surface area contributed by atoms with Crippen LogP contribution in [0.3, 0.4) is 0 Å². The molecular formula is C12H15BrN2O. The number of nitrogens with one attached hydrogen (secondary N) is 2. The van der Waals surface area contributed by atoms with Gasteiger partial charge in [0.25, 0.3) is 0 Å². The molecule has 3 nitrogen and oxygen atoms in total. The van der Waals surface area contributed by atoms with Crippen molar-refractivity contribution >= 4 is 27.5 Å². The number of hydrogen-bond donors (Lipinski definition) is 2. The summed E-state index contributed by atoms with van der Waals surface area (Å²) >= 11 is 3.36. The minimum absolute atomic E-state index is 0.0302. The third-order valence-electron chi connectivity index (χ3n) is 2.74. The maximum Gasteiger partial charge on any atom is 0.241 e. The molecule has 2 N–H and O–H groups in total. The lowest BCUT2D eigenvalue weighted by Gasteiger charge is -2.22. The maximum atomic E-state index is 11.9.